The first-order valence-corrected chi connectivity index (χ1v) is 4.69. The van der Waals surface area contributed by atoms with Gasteiger partial charge >= 0.3 is 0 Å². The molecule has 5 heteroatoms. The van der Waals surface area contributed by atoms with Gasteiger partial charge in [0.25, 0.3) is 5.91 Å². The lowest BCUT2D eigenvalue weighted by molar-refractivity contribution is 0.0795. The highest BCUT2D eigenvalue weighted by Crippen LogP contribution is 2.09. The average molecular weight is 279 g/mol. The van der Waals surface area contributed by atoms with Crippen molar-refractivity contribution in [1.82, 2.24) is 15.1 Å². The van der Waals surface area contributed by atoms with E-state index < -0.39 is 0 Å². The molecule has 1 rings (SSSR count). The van der Waals surface area contributed by atoms with Gasteiger partial charge in [-0.1, -0.05) is 0 Å². The minimum atomic E-state index is -0.0144. The largest absolute Gasteiger partial charge is 0.341 e. The van der Waals surface area contributed by atoms with Crippen molar-refractivity contribution >= 4 is 28.5 Å². The molecule has 0 aliphatic heterocycles. The molecule has 0 saturated carbocycles. The maximum absolute atomic E-state index is 11.5. The van der Waals surface area contributed by atoms with Gasteiger partial charge in [-0.2, -0.15) is 5.10 Å². The van der Waals surface area contributed by atoms with Crippen LogP contribution in [0.25, 0.3) is 0 Å². The average Bonchev–Trinajstić information content (AvgIpc) is 2.48. The molecule has 0 bridgehead atoms. The Hall–Kier alpha value is -0.590. The van der Waals surface area contributed by atoms with Crippen LogP contribution in [0.3, 0.4) is 0 Å². The molecule has 0 radical (unpaired) electrons. The highest BCUT2D eigenvalue weighted by molar-refractivity contribution is 14.1. The minimum Gasteiger partial charge on any atom is -0.341 e. The van der Waals surface area contributed by atoms with Gasteiger partial charge in [-0.15, -0.1) is 0 Å². The Bertz CT molecular complexity index is 284. The summed E-state index contributed by atoms with van der Waals surface area (Å²) >= 11 is 2.08. The summed E-state index contributed by atoms with van der Waals surface area (Å²) in [5, 5.41) is 6.45. The Morgan fingerprint density at radius 2 is 2.50 bits per heavy atom. The van der Waals surface area contributed by atoms with Gasteiger partial charge in [0.15, 0.2) is 0 Å². The fourth-order valence-electron chi connectivity index (χ4n) is 0.756. The van der Waals surface area contributed by atoms with Crippen molar-refractivity contribution in [2.45, 2.75) is 6.92 Å². The lowest BCUT2D eigenvalue weighted by Gasteiger charge is -2.12. The molecule has 0 aliphatic rings. The molecule has 0 atom stereocenters. The number of nitrogens with one attached hydrogen (secondary N) is 1. The van der Waals surface area contributed by atoms with Gasteiger partial charge in [0.1, 0.15) is 5.69 Å². The van der Waals surface area contributed by atoms with Crippen molar-refractivity contribution in [3.05, 3.63) is 15.5 Å². The van der Waals surface area contributed by atoms with Crippen LogP contribution >= 0.6 is 22.6 Å². The first kappa shape index (κ1) is 9.50. The van der Waals surface area contributed by atoms with Crippen LogP contribution in [0.1, 0.15) is 17.4 Å². The molecule has 4 nitrogen and oxygen atoms in total. The Morgan fingerprint density at radius 1 is 1.83 bits per heavy atom. The SMILES string of the molecule is CCN(C)C(=O)c1[nH]ncc1I. The number of hydrogen-bond donors (Lipinski definition) is 1. The highest BCUT2D eigenvalue weighted by Gasteiger charge is 2.14. The molecule has 0 fully saturated rings. The quantitative estimate of drug-likeness (QED) is 0.824. The van der Waals surface area contributed by atoms with Gasteiger partial charge < -0.3 is 4.90 Å². The summed E-state index contributed by atoms with van der Waals surface area (Å²) in [6.45, 7) is 2.63. The number of rotatable bonds is 2. The van der Waals surface area contributed by atoms with E-state index >= 15 is 0 Å². The predicted molar refractivity (Wildman–Crippen MR) is 53.9 cm³/mol. The second-order valence-corrected chi connectivity index (χ2v) is 3.57. The fourth-order valence-corrected chi connectivity index (χ4v) is 1.25. The molecule has 0 unspecified atom stereocenters. The predicted octanol–water partition coefficient (Wildman–Crippen LogP) is 1.11. The van der Waals surface area contributed by atoms with Crippen molar-refractivity contribution in [2.24, 2.45) is 0 Å². The van der Waals surface area contributed by atoms with Crippen LogP contribution < -0.4 is 0 Å². The molecule has 1 aromatic heterocycles. The molecule has 0 spiro atoms. The number of halogens is 1. The number of hydrogen-bond acceptors (Lipinski definition) is 2. The van der Waals surface area contributed by atoms with E-state index in [0.717, 1.165) is 3.57 Å². The molecule has 1 aromatic rings. The van der Waals surface area contributed by atoms with E-state index in [4.69, 9.17) is 0 Å². The molecular formula is C7H10IN3O. The van der Waals surface area contributed by atoms with Crippen molar-refractivity contribution < 1.29 is 4.79 Å². The van der Waals surface area contributed by atoms with E-state index in [-0.39, 0.29) is 5.91 Å². The molecular weight excluding hydrogens is 269 g/mol. The summed E-state index contributed by atoms with van der Waals surface area (Å²) in [5.74, 6) is -0.0144. The number of nitrogens with zero attached hydrogens (tertiary/aromatic N) is 2. The zero-order valence-corrected chi connectivity index (χ0v) is 9.12. The monoisotopic (exact) mass is 279 g/mol. The van der Waals surface area contributed by atoms with Gasteiger partial charge in [0.05, 0.1) is 9.77 Å². The van der Waals surface area contributed by atoms with E-state index in [9.17, 15) is 4.79 Å². The smallest absolute Gasteiger partial charge is 0.272 e. The fraction of sp³-hybridized carbons (Fsp3) is 0.429. The van der Waals surface area contributed by atoms with E-state index in [1.165, 1.54) is 0 Å². The second kappa shape index (κ2) is 3.88. The van der Waals surface area contributed by atoms with E-state index in [1.54, 1.807) is 18.1 Å². The lowest BCUT2D eigenvalue weighted by Crippen LogP contribution is -2.27. The van der Waals surface area contributed by atoms with E-state index in [1.807, 2.05) is 6.92 Å². The molecule has 66 valence electrons. The van der Waals surface area contributed by atoms with Crippen molar-refractivity contribution in [3.8, 4) is 0 Å². The standard InChI is InChI=1S/C7H10IN3O/c1-3-11(2)7(12)6-5(8)4-9-10-6/h4H,3H2,1-2H3,(H,9,10). The molecule has 0 saturated heterocycles. The van der Waals surface area contributed by atoms with Crippen LogP contribution in [0, 0.1) is 3.57 Å². The van der Waals surface area contributed by atoms with Gasteiger partial charge in [-0.25, -0.2) is 0 Å². The van der Waals surface area contributed by atoms with Crippen LogP contribution in [0.4, 0.5) is 0 Å². The van der Waals surface area contributed by atoms with Crippen molar-refractivity contribution in [2.75, 3.05) is 13.6 Å². The first-order chi connectivity index (χ1) is 5.66. The zero-order chi connectivity index (χ0) is 9.14. The molecule has 0 aromatic carbocycles. The normalized spacial score (nSPS) is 9.92. The maximum Gasteiger partial charge on any atom is 0.272 e. The Balaban J connectivity index is 2.85. The van der Waals surface area contributed by atoms with Crippen molar-refractivity contribution in [3.63, 3.8) is 0 Å². The number of aromatic amines is 1. The van der Waals surface area contributed by atoms with Crippen LogP contribution in [0.15, 0.2) is 6.20 Å². The molecule has 12 heavy (non-hydrogen) atoms. The van der Waals surface area contributed by atoms with Crippen LogP contribution in [-0.2, 0) is 0 Å². The lowest BCUT2D eigenvalue weighted by atomic mass is 10.4. The first-order valence-electron chi connectivity index (χ1n) is 3.61. The van der Waals surface area contributed by atoms with E-state index in [2.05, 4.69) is 32.8 Å². The summed E-state index contributed by atoms with van der Waals surface area (Å²) in [6.07, 6.45) is 1.64. The van der Waals surface area contributed by atoms with Crippen LogP contribution in [0.2, 0.25) is 0 Å². The number of amides is 1. The summed E-state index contributed by atoms with van der Waals surface area (Å²) < 4.78 is 0.859. The number of aromatic nitrogens is 2. The second-order valence-electron chi connectivity index (χ2n) is 2.41. The highest BCUT2D eigenvalue weighted by atomic mass is 127. The number of H-pyrrole nitrogens is 1. The summed E-state index contributed by atoms with van der Waals surface area (Å²) in [5.41, 5.74) is 0.569. The summed E-state index contributed by atoms with van der Waals surface area (Å²) in [6, 6.07) is 0. The Morgan fingerprint density at radius 3 is 2.92 bits per heavy atom. The summed E-state index contributed by atoms with van der Waals surface area (Å²) in [4.78, 5) is 13.1. The van der Waals surface area contributed by atoms with Gasteiger partial charge in [-0.3, -0.25) is 9.89 Å². The summed E-state index contributed by atoms with van der Waals surface area (Å²) in [7, 11) is 1.76. The third kappa shape index (κ3) is 1.77. The third-order valence-corrected chi connectivity index (χ3v) is 2.45. The maximum atomic E-state index is 11.5. The van der Waals surface area contributed by atoms with Gasteiger partial charge in [0, 0.05) is 13.6 Å². The Labute approximate surface area is 84.5 Å². The van der Waals surface area contributed by atoms with Crippen LogP contribution in [-0.4, -0.2) is 34.6 Å². The molecule has 1 N–H and O–H groups in total. The topological polar surface area (TPSA) is 49.0 Å². The van der Waals surface area contributed by atoms with Crippen LogP contribution in [0.5, 0.6) is 0 Å². The molecule has 1 amide bonds. The number of carbonyl (C=O) groups excluding carboxylic acids is 1. The van der Waals surface area contributed by atoms with Gasteiger partial charge in [-0.05, 0) is 29.5 Å². The number of carbonyl (C=O) groups is 1. The van der Waals surface area contributed by atoms with E-state index in [0.29, 0.717) is 12.2 Å². The molecule has 0 aliphatic carbocycles. The zero-order valence-electron chi connectivity index (χ0n) is 6.97. The van der Waals surface area contributed by atoms with Crippen molar-refractivity contribution in [1.29, 1.82) is 0 Å². The minimum absolute atomic E-state index is 0.0144. The van der Waals surface area contributed by atoms with Gasteiger partial charge in [0.2, 0.25) is 0 Å². The Kier molecular flexibility index (Phi) is 3.07. The third-order valence-electron chi connectivity index (χ3n) is 1.63. The molecule has 1 heterocycles.